The summed E-state index contributed by atoms with van der Waals surface area (Å²) < 4.78 is 4.03. The first kappa shape index (κ1) is 5.23. The lowest BCUT2D eigenvalue weighted by Gasteiger charge is -1.83. The van der Waals surface area contributed by atoms with E-state index in [4.69, 9.17) is 0 Å². The first-order valence-corrected chi connectivity index (χ1v) is 2.13. The average molecular weight is 95.1 g/mol. The van der Waals surface area contributed by atoms with Crippen LogP contribution in [-0.2, 0) is 9.32 Å². The topological polar surface area (TPSA) is 44.5 Å². The minimum Gasteiger partial charge on any atom is -0.182 e. The van der Waals surface area contributed by atoms with Crippen molar-refractivity contribution in [2.45, 2.75) is 0 Å². The van der Waals surface area contributed by atoms with E-state index in [1.54, 1.807) is 6.26 Å². The molecule has 32 valence electrons. The molecule has 0 spiro atoms. The molecule has 2 N–H and O–H groups in total. The molecule has 0 aromatic heterocycles. The van der Waals surface area contributed by atoms with Crippen LogP contribution in [-0.4, -0.2) is 6.26 Å². The maximum atomic E-state index is 4.40. The van der Waals surface area contributed by atoms with Crippen molar-refractivity contribution in [1.82, 2.24) is 0 Å². The summed E-state index contributed by atoms with van der Waals surface area (Å²) in [7, 11) is 0. The van der Waals surface area contributed by atoms with E-state index < -0.39 is 0 Å². The summed E-state index contributed by atoms with van der Waals surface area (Å²) in [6, 6.07) is 0. The van der Waals surface area contributed by atoms with E-state index in [0.29, 0.717) is 0 Å². The van der Waals surface area contributed by atoms with Crippen LogP contribution in [0.2, 0.25) is 0 Å². The molecule has 3 nitrogen and oxygen atoms in total. The summed E-state index contributed by atoms with van der Waals surface area (Å²) in [4.78, 5) is 3.65. The number of hydrogen-bond donors (Lipinski definition) is 1. The summed E-state index contributed by atoms with van der Waals surface area (Å²) in [6.45, 7) is 0. The van der Waals surface area contributed by atoms with Gasteiger partial charge in [-0.05, 0) is 0 Å². The smallest absolute Gasteiger partial charge is 0.0300 e. The molecule has 0 fully saturated rings. The van der Waals surface area contributed by atoms with Crippen molar-refractivity contribution in [3.63, 3.8) is 0 Å². The summed E-state index contributed by atoms with van der Waals surface area (Å²) >= 11 is 1.05. The van der Waals surface area contributed by atoms with E-state index in [1.807, 2.05) is 0 Å². The molecular formula is CH5NO2S. The predicted octanol–water partition coefficient (Wildman–Crippen LogP) is 0.0863. The van der Waals surface area contributed by atoms with Gasteiger partial charge in [0, 0.05) is 18.3 Å². The van der Waals surface area contributed by atoms with Crippen LogP contribution in [0.25, 0.3) is 0 Å². The maximum absolute atomic E-state index is 4.40. The zero-order chi connectivity index (χ0) is 4.12. The standard InChI is InChI=1S/CH5NO2S/c1-5-4-3-2/h2H2,1H3. The van der Waals surface area contributed by atoms with Crippen LogP contribution in [0.3, 0.4) is 0 Å². The first-order valence-electron chi connectivity index (χ1n) is 0.977. The molecule has 0 aliphatic carbocycles. The van der Waals surface area contributed by atoms with Crippen molar-refractivity contribution < 1.29 is 9.32 Å². The van der Waals surface area contributed by atoms with E-state index >= 15 is 0 Å². The quantitative estimate of drug-likeness (QED) is 0.300. The summed E-state index contributed by atoms with van der Waals surface area (Å²) in [5.74, 6) is 4.40. The Morgan fingerprint density at radius 1 is 1.80 bits per heavy atom. The highest BCUT2D eigenvalue weighted by Gasteiger charge is 1.65. The largest absolute Gasteiger partial charge is 0.182 e. The zero-order valence-corrected chi connectivity index (χ0v) is 3.62. The maximum Gasteiger partial charge on any atom is 0.0300 e. The number of rotatable bonds is 2. The highest BCUT2D eigenvalue weighted by Crippen LogP contribution is 1.88. The minimum atomic E-state index is 1.05. The monoisotopic (exact) mass is 95.0 g/mol. The molecule has 0 radical (unpaired) electrons. The highest BCUT2D eigenvalue weighted by atomic mass is 32.2. The van der Waals surface area contributed by atoms with Gasteiger partial charge in [0.2, 0.25) is 0 Å². The van der Waals surface area contributed by atoms with Gasteiger partial charge in [0.15, 0.2) is 0 Å². The van der Waals surface area contributed by atoms with Crippen molar-refractivity contribution in [2.75, 3.05) is 6.26 Å². The Kier molecular flexibility index (Phi) is 4.42. The van der Waals surface area contributed by atoms with Gasteiger partial charge in [-0.1, -0.05) is 0 Å². The summed E-state index contributed by atoms with van der Waals surface area (Å²) in [6.07, 6.45) is 1.70. The Bertz CT molecular complexity index is 17.1. The molecule has 0 heterocycles. The molecule has 0 aromatic rings. The minimum absolute atomic E-state index is 1.05. The molecule has 0 saturated heterocycles. The van der Waals surface area contributed by atoms with Gasteiger partial charge in [-0.25, -0.2) is 0 Å². The Morgan fingerprint density at radius 2 is 2.40 bits per heavy atom. The van der Waals surface area contributed by atoms with Gasteiger partial charge in [-0.3, -0.25) is 0 Å². The normalized spacial score (nSPS) is 8.40. The van der Waals surface area contributed by atoms with E-state index in [2.05, 4.69) is 15.2 Å². The van der Waals surface area contributed by atoms with E-state index in [-0.39, 0.29) is 0 Å². The second-order valence-corrected chi connectivity index (χ2v) is 0.800. The average Bonchev–Trinajstić information content (AvgIpc) is 1.41. The predicted molar refractivity (Wildman–Crippen MR) is 19.9 cm³/mol. The van der Waals surface area contributed by atoms with Gasteiger partial charge in [-0.15, -0.1) is 9.32 Å². The van der Waals surface area contributed by atoms with Gasteiger partial charge in [0.1, 0.15) is 0 Å². The van der Waals surface area contributed by atoms with E-state index in [1.165, 1.54) is 0 Å². The van der Waals surface area contributed by atoms with Crippen molar-refractivity contribution in [2.24, 2.45) is 5.90 Å². The van der Waals surface area contributed by atoms with E-state index in [0.717, 1.165) is 12.0 Å². The lowest BCUT2D eigenvalue weighted by Crippen LogP contribution is -1.92. The molecule has 5 heavy (non-hydrogen) atoms. The van der Waals surface area contributed by atoms with Crippen molar-refractivity contribution in [3.05, 3.63) is 0 Å². The van der Waals surface area contributed by atoms with Crippen LogP contribution in [0.1, 0.15) is 0 Å². The molecule has 0 aliphatic rings. The Balaban J connectivity index is 2.19. The molecule has 0 aliphatic heterocycles. The highest BCUT2D eigenvalue weighted by molar-refractivity contribution is 7.93. The third-order valence-corrected chi connectivity index (χ3v) is 0.322. The Morgan fingerprint density at radius 3 is 2.40 bits per heavy atom. The Labute approximate surface area is 34.5 Å². The molecule has 0 amide bonds. The Hall–Kier alpha value is 0.230. The molecule has 0 saturated carbocycles. The lowest BCUT2D eigenvalue weighted by atomic mass is 12.0. The van der Waals surface area contributed by atoms with E-state index in [9.17, 15) is 0 Å². The molecule has 0 rings (SSSR count). The molecular weight excluding hydrogens is 90.1 g/mol. The van der Waals surface area contributed by atoms with Gasteiger partial charge in [-0.2, -0.15) is 5.90 Å². The van der Waals surface area contributed by atoms with Crippen LogP contribution in [0, 0.1) is 0 Å². The fraction of sp³-hybridized carbons (Fsp3) is 1.00. The van der Waals surface area contributed by atoms with Gasteiger partial charge in [0.25, 0.3) is 0 Å². The third kappa shape index (κ3) is 4.23. The second-order valence-electron chi connectivity index (χ2n) is 0.331. The fourth-order valence-electron chi connectivity index (χ4n) is 0.0393. The van der Waals surface area contributed by atoms with Crippen molar-refractivity contribution in [1.29, 1.82) is 0 Å². The fourth-order valence-corrected chi connectivity index (χ4v) is 0.118. The summed E-state index contributed by atoms with van der Waals surface area (Å²) in [5.41, 5.74) is 0. The van der Waals surface area contributed by atoms with Crippen molar-refractivity contribution >= 4 is 12.0 Å². The van der Waals surface area contributed by atoms with Crippen molar-refractivity contribution in [3.8, 4) is 0 Å². The molecule has 0 aromatic carbocycles. The molecule has 4 heteroatoms. The second kappa shape index (κ2) is 4.23. The van der Waals surface area contributed by atoms with Gasteiger partial charge < -0.3 is 0 Å². The van der Waals surface area contributed by atoms with Gasteiger partial charge in [0.05, 0.1) is 0 Å². The lowest BCUT2D eigenvalue weighted by molar-refractivity contribution is -0.194. The molecule has 0 atom stereocenters. The van der Waals surface area contributed by atoms with Gasteiger partial charge >= 0.3 is 0 Å². The number of nitrogens with two attached hydrogens (primary N) is 1. The zero-order valence-electron chi connectivity index (χ0n) is 2.80. The number of hydrogen-bond acceptors (Lipinski definition) is 4. The SMILES string of the molecule is CSOON. The first-order chi connectivity index (χ1) is 2.41. The molecule has 0 unspecified atom stereocenters. The molecule has 0 bridgehead atoms. The third-order valence-electron chi connectivity index (χ3n) is 0.107. The van der Waals surface area contributed by atoms with Crippen LogP contribution in [0.5, 0.6) is 0 Å². The van der Waals surface area contributed by atoms with Crippen LogP contribution >= 0.6 is 12.0 Å². The van der Waals surface area contributed by atoms with Crippen LogP contribution in [0.15, 0.2) is 0 Å². The van der Waals surface area contributed by atoms with Crippen LogP contribution < -0.4 is 5.90 Å². The summed E-state index contributed by atoms with van der Waals surface area (Å²) in [5, 5.41) is 0. The van der Waals surface area contributed by atoms with Crippen LogP contribution in [0.4, 0.5) is 0 Å².